The van der Waals surface area contributed by atoms with Crippen molar-refractivity contribution in [1.29, 1.82) is 0 Å². The van der Waals surface area contributed by atoms with Gasteiger partial charge in [0.2, 0.25) is 5.91 Å². The molecule has 3 unspecified atom stereocenters. The minimum atomic E-state index is -1.14. The van der Waals surface area contributed by atoms with Crippen molar-refractivity contribution < 1.29 is 20.1 Å². The van der Waals surface area contributed by atoms with Gasteiger partial charge < -0.3 is 20.6 Å². The Morgan fingerprint density at radius 1 is 0.385 bits per heavy atom. The Balaban J connectivity index is 3.53. The van der Waals surface area contributed by atoms with Gasteiger partial charge in [-0.1, -0.05) is 301 Å². The Morgan fingerprint density at radius 3 is 0.969 bits per heavy atom. The number of unbranched alkanes of at least 4 members (excludes halogenated alkanes) is 43. The fourth-order valence-corrected chi connectivity index (χ4v) is 9.49. The van der Waals surface area contributed by atoms with Crippen molar-refractivity contribution in [2.24, 2.45) is 0 Å². The summed E-state index contributed by atoms with van der Waals surface area (Å²) in [5.74, 6) is -0.142. The zero-order valence-corrected chi connectivity index (χ0v) is 44.1. The van der Waals surface area contributed by atoms with Crippen LogP contribution in [0.1, 0.15) is 328 Å². The van der Waals surface area contributed by atoms with E-state index in [1.54, 1.807) is 0 Å². The maximum atomic E-state index is 12.5. The van der Waals surface area contributed by atoms with Crippen LogP contribution in [0.3, 0.4) is 0 Å². The largest absolute Gasteiger partial charge is 0.394 e. The zero-order chi connectivity index (χ0) is 47.2. The first-order valence-electron chi connectivity index (χ1n) is 29.6. The third-order valence-electron chi connectivity index (χ3n) is 14.1. The van der Waals surface area contributed by atoms with E-state index in [-0.39, 0.29) is 12.5 Å². The van der Waals surface area contributed by atoms with Crippen LogP contribution in [0.15, 0.2) is 24.3 Å². The van der Waals surface area contributed by atoms with Gasteiger partial charge >= 0.3 is 0 Å². The molecule has 5 heteroatoms. The molecule has 386 valence electrons. The molecule has 0 aliphatic heterocycles. The molecule has 65 heavy (non-hydrogen) atoms. The molecule has 1 amide bonds. The highest BCUT2D eigenvalue weighted by Crippen LogP contribution is 2.18. The number of amides is 1. The van der Waals surface area contributed by atoms with Gasteiger partial charge in [-0.3, -0.25) is 4.79 Å². The molecule has 0 aliphatic rings. The first-order chi connectivity index (χ1) is 32.1. The maximum Gasteiger partial charge on any atom is 0.220 e. The highest BCUT2D eigenvalue weighted by atomic mass is 16.3. The third kappa shape index (κ3) is 50.5. The molecular formula is C60H117NO4. The van der Waals surface area contributed by atoms with Crippen LogP contribution < -0.4 is 5.32 Å². The van der Waals surface area contributed by atoms with Crippen molar-refractivity contribution in [3.8, 4) is 0 Å². The van der Waals surface area contributed by atoms with Crippen molar-refractivity contribution in [3.05, 3.63) is 24.3 Å². The lowest BCUT2D eigenvalue weighted by Gasteiger charge is -2.26. The second-order valence-corrected chi connectivity index (χ2v) is 20.6. The number of carbonyl (C=O) groups excluding carboxylic acids is 1. The lowest BCUT2D eigenvalue weighted by Crippen LogP contribution is -2.50. The topological polar surface area (TPSA) is 89.8 Å². The van der Waals surface area contributed by atoms with Gasteiger partial charge in [0, 0.05) is 6.42 Å². The van der Waals surface area contributed by atoms with Crippen molar-refractivity contribution in [2.45, 2.75) is 347 Å². The lowest BCUT2D eigenvalue weighted by molar-refractivity contribution is -0.124. The number of aliphatic hydroxyl groups is 3. The average Bonchev–Trinajstić information content (AvgIpc) is 3.31. The standard InChI is InChI=1S/C60H117NO4/c1-3-5-7-9-11-13-15-17-19-21-23-25-27-29-30-31-33-35-37-39-41-43-45-47-49-51-53-55-59(64)61-57(56-62)60(65)58(63)54-52-50-48-46-44-42-40-38-36-34-32-28-26-24-22-20-18-16-14-12-10-8-6-4-2/h23,25,29-30,57-58,60,62-63,65H,3-22,24,26-28,31-56H2,1-2H3,(H,61,64)/b25-23-,30-29-. The van der Waals surface area contributed by atoms with Crippen LogP contribution in [0.5, 0.6) is 0 Å². The van der Waals surface area contributed by atoms with E-state index in [1.807, 2.05) is 0 Å². The summed E-state index contributed by atoms with van der Waals surface area (Å²) in [6.07, 6.45) is 70.5. The highest BCUT2D eigenvalue weighted by molar-refractivity contribution is 5.76. The van der Waals surface area contributed by atoms with E-state index in [2.05, 4.69) is 43.5 Å². The average molecular weight is 917 g/mol. The van der Waals surface area contributed by atoms with Crippen LogP contribution in [0.25, 0.3) is 0 Å². The van der Waals surface area contributed by atoms with Gasteiger partial charge in [-0.15, -0.1) is 0 Å². The summed E-state index contributed by atoms with van der Waals surface area (Å²) in [6, 6.07) is -0.810. The molecule has 0 saturated heterocycles. The number of hydrogen-bond donors (Lipinski definition) is 4. The second kappa shape index (κ2) is 55.4. The van der Waals surface area contributed by atoms with E-state index >= 15 is 0 Å². The van der Waals surface area contributed by atoms with Crippen molar-refractivity contribution >= 4 is 5.91 Å². The number of aliphatic hydroxyl groups excluding tert-OH is 3. The molecule has 0 spiro atoms. The Hall–Kier alpha value is -1.17. The lowest BCUT2D eigenvalue weighted by atomic mass is 9.99. The van der Waals surface area contributed by atoms with Crippen molar-refractivity contribution in [2.75, 3.05) is 6.61 Å². The SMILES string of the molecule is CCCCCCCCCCC/C=C\C/C=C\CCCCCCCCCCCCCC(=O)NC(CO)C(O)C(O)CCCCCCCCCCCCCCCCCCCCCCCCCC. The fraction of sp³-hybridized carbons (Fsp3) is 0.917. The van der Waals surface area contributed by atoms with Crippen LogP contribution in [-0.4, -0.2) is 46.1 Å². The molecule has 0 aliphatic carbocycles. The van der Waals surface area contributed by atoms with Crippen LogP contribution in [-0.2, 0) is 4.79 Å². The summed E-state index contributed by atoms with van der Waals surface area (Å²) in [7, 11) is 0. The van der Waals surface area contributed by atoms with Crippen LogP contribution >= 0.6 is 0 Å². The second-order valence-electron chi connectivity index (χ2n) is 20.6. The number of rotatable bonds is 55. The summed E-state index contributed by atoms with van der Waals surface area (Å²) >= 11 is 0. The van der Waals surface area contributed by atoms with Gasteiger partial charge in [-0.2, -0.15) is 0 Å². The Labute approximate surface area is 407 Å². The smallest absolute Gasteiger partial charge is 0.220 e. The van der Waals surface area contributed by atoms with Crippen molar-refractivity contribution in [1.82, 2.24) is 5.32 Å². The first kappa shape index (κ1) is 63.8. The predicted molar refractivity (Wildman–Crippen MR) is 287 cm³/mol. The summed E-state index contributed by atoms with van der Waals surface area (Å²) in [5.41, 5.74) is 0. The molecule has 0 rings (SSSR count). The summed E-state index contributed by atoms with van der Waals surface area (Å²) in [4.78, 5) is 12.5. The minimum Gasteiger partial charge on any atom is -0.394 e. The highest BCUT2D eigenvalue weighted by Gasteiger charge is 2.26. The molecule has 5 nitrogen and oxygen atoms in total. The Bertz CT molecular complexity index is 967. The molecule has 0 fully saturated rings. The summed E-state index contributed by atoms with van der Waals surface area (Å²) in [5, 5.41) is 33.8. The van der Waals surface area contributed by atoms with E-state index in [4.69, 9.17) is 0 Å². The number of allylic oxidation sites excluding steroid dienone is 4. The summed E-state index contributed by atoms with van der Waals surface area (Å²) in [6.45, 7) is 4.22. The maximum absolute atomic E-state index is 12.5. The quantitative estimate of drug-likeness (QED) is 0.0361. The molecule has 4 N–H and O–H groups in total. The van der Waals surface area contributed by atoms with E-state index in [0.717, 1.165) is 38.5 Å². The van der Waals surface area contributed by atoms with Crippen molar-refractivity contribution in [3.63, 3.8) is 0 Å². The normalized spacial score (nSPS) is 13.4. The van der Waals surface area contributed by atoms with Crippen LogP contribution in [0.2, 0.25) is 0 Å². The van der Waals surface area contributed by atoms with Gasteiger partial charge in [0.25, 0.3) is 0 Å². The van der Waals surface area contributed by atoms with E-state index in [0.29, 0.717) is 12.8 Å². The van der Waals surface area contributed by atoms with E-state index in [1.165, 1.54) is 263 Å². The van der Waals surface area contributed by atoms with Gasteiger partial charge in [0.1, 0.15) is 6.10 Å². The van der Waals surface area contributed by atoms with Gasteiger partial charge in [-0.05, 0) is 44.9 Å². The fourth-order valence-electron chi connectivity index (χ4n) is 9.49. The number of hydrogen-bond acceptors (Lipinski definition) is 4. The predicted octanol–water partition coefficient (Wildman–Crippen LogP) is 18.5. The molecule has 0 aromatic rings. The molecule has 0 saturated carbocycles. The molecule has 0 aromatic carbocycles. The van der Waals surface area contributed by atoms with Gasteiger partial charge in [0.05, 0.1) is 18.8 Å². The van der Waals surface area contributed by atoms with Crippen LogP contribution in [0, 0.1) is 0 Å². The van der Waals surface area contributed by atoms with Gasteiger partial charge in [-0.25, -0.2) is 0 Å². The molecule has 3 atom stereocenters. The zero-order valence-electron chi connectivity index (χ0n) is 44.1. The van der Waals surface area contributed by atoms with Crippen LogP contribution in [0.4, 0.5) is 0 Å². The Morgan fingerprint density at radius 2 is 0.662 bits per heavy atom. The van der Waals surface area contributed by atoms with E-state index in [9.17, 15) is 20.1 Å². The Kier molecular flexibility index (Phi) is 54.4. The summed E-state index contributed by atoms with van der Waals surface area (Å²) < 4.78 is 0. The van der Waals surface area contributed by atoms with Gasteiger partial charge in [0.15, 0.2) is 0 Å². The molecule has 0 radical (unpaired) electrons. The monoisotopic (exact) mass is 916 g/mol. The number of nitrogens with one attached hydrogen (secondary N) is 1. The molecule has 0 heterocycles. The number of carbonyl (C=O) groups is 1. The molecular weight excluding hydrogens is 799 g/mol. The van der Waals surface area contributed by atoms with E-state index < -0.39 is 18.2 Å². The minimum absolute atomic E-state index is 0.142. The molecule has 0 aromatic heterocycles. The first-order valence-corrected chi connectivity index (χ1v) is 29.6. The molecule has 0 bridgehead atoms. The third-order valence-corrected chi connectivity index (χ3v) is 14.1.